The highest BCUT2D eigenvalue weighted by Gasteiger charge is 2.24. The number of carbonyl (C=O) groups is 1. The maximum atomic E-state index is 12.3. The van der Waals surface area contributed by atoms with Crippen LogP contribution >= 0.6 is 0 Å². The summed E-state index contributed by atoms with van der Waals surface area (Å²) in [6.45, 7) is 0.950. The Kier molecular flexibility index (Phi) is 4.18. The zero-order valence-corrected chi connectivity index (χ0v) is 15.4. The molecule has 4 heteroatoms. The Balaban J connectivity index is 1.40. The highest BCUT2D eigenvalue weighted by Crippen LogP contribution is 2.33. The lowest BCUT2D eigenvalue weighted by Crippen LogP contribution is -2.30. The van der Waals surface area contributed by atoms with Gasteiger partial charge in [-0.3, -0.25) is 4.79 Å². The van der Waals surface area contributed by atoms with Gasteiger partial charge in [-0.1, -0.05) is 48.5 Å². The molecular formula is C24H21N3O. The molecule has 1 atom stereocenters. The van der Waals surface area contributed by atoms with Gasteiger partial charge in [0.25, 0.3) is 5.91 Å². The molecule has 28 heavy (non-hydrogen) atoms. The van der Waals surface area contributed by atoms with Crippen molar-refractivity contribution in [2.24, 2.45) is 0 Å². The van der Waals surface area contributed by atoms with Crippen LogP contribution in [0, 0.1) is 0 Å². The first-order chi connectivity index (χ1) is 13.8. The van der Waals surface area contributed by atoms with E-state index >= 15 is 0 Å². The number of amides is 1. The number of H-pyrrole nitrogens is 1. The molecule has 0 spiro atoms. The molecule has 0 radical (unpaired) electrons. The number of aromatic amines is 1. The predicted molar refractivity (Wildman–Crippen MR) is 113 cm³/mol. The fourth-order valence-electron chi connectivity index (χ4n) is 4.02. The van der Waals surface area contributed by atoms with Crippen LogP contribution in [0.15, 0.2) is 78.9 Å². The molecule has 4 aromatic rings. The summed E-state index contributed by atoms with van der Waals surface area (Å²) in [5, 5.41) is 7.90. The maximum Gasteiger partial charge on any atom is 0.255 e. The van der Waals surface area contributed by atoms with Crippen molar-refractivity contribution >= 4 is 22.5 Å². The number of aromatic nitrogens is 1. The zero-order valence-electron chi connectivity index (χ0n) is 15.4. The summed E-state index contributed by atoms with van der Waals surface area (Å²) >= 11 is 0. The largest absolute Gasteiger partial charge is 0.357 e. The Morgan fingerprint density at radius 3 is 2.46 bits per heavy atom. The average molecular weight is 367 g/mol. The Hall–Kier alpha value is -3.37. The van der Waals surface area contributed by atoms with Crippen LogP contribution in [0.3, 0.4) is 0 Å². The van der Waals surface area contributed by atoms with Gasteiger partial charge in [0.1, 0.15) is 0 Å². The quantitative estimate of drug-likeness (QED) is 0.493. The van der Waals surface area contributed by atoms with Crippen molar-refractivity contribution in [2.75, 3.05) is 11.9 Å². The Labute approximate surface area is 163 Å². The molecular weight excluding hydrogens is 346 g/mol. The third-order valence-corrected chi connectivity index (χ3v) is 5.40. The maximum absolute atomic E-state index is 12.3. The van der Waals surface area contributed by atoms with E-state index in [-0.39, 0.29) is 11.9 Å². The molecule has 3 N–H and O–H groups in total. The standard InChI is InChI=1S/C24H21N3O/c28-24(17-6-2-1-3-7-17)26-18-12-10-16(11-13-18)22-23-20(14-15-25-22)19-8-4-5-9-21(19)27-23/h1-13,22,25,27H,14-15H2,(H,26,28). The van der Waals surface area contributed by atoms with Crippen molar-refractivity contribution in [3.8, 4) is 0 Å². The van der Waals surface area contributed by atoms with Gasteiger partial charge in [-0.05, 0) is 47.9 Å². The van der Waals surface area contributed by atoms with E-state index in [0.717, 1.165) is 18.7 Å². The van der Waals surface area contributed by atoms with Gasteiger partial charge in [0.05, 0.1) is 6.04 Å². The number of nitrogens with one attached hydrogen (secondary N) is 3. The van der Waals surface area contributed by atoms with Gasteiger partial charge in [-0.2, -0.15) is 0 Å². The summed E-state index contributed by atoms with van der Waals surface area (Å²) < 4.78 is 0. The molecule has 1 aromatic heterocycles. The molecule has 0 fully saturated rings. The summed E-state index contributed by atoms with van der Waals surface area (Å²) in [5.74, 6) is -0.0953. The molecule has 138 valence electrons. The lowest BCUT2D eigenvalue weighted by molar-refractivity contribution is 0.102. The molecule has 1 unspecified atom stereocenters. The van der Waals surface area contributed by atoms with Crippen LogP contribution in [0.1, 0.15) is 33.2 Å². The third kappa shape index (κ3) is 2.98. The van der Waals surface area contributed by atoms with E-state index in [1.165, 1.54) is 27.7 Å². The van der Waals surface area contributed by atoms with Crippen LogP contribution in [0.2, 0.25) is 0 Å². The topological polar surface area (TPSA) is 56.9 Å². The van der Waals surface area contributed by atoms with Crippen molar-refractivity contribution in [1.29, 1.82) is 0 Å². The van der Waals surface area contributed by atoms with Crippen LogP contribution in [-0.2, 0) is 6.42 Å². The lowest BCUT2D eigenvalue weighted by Gasteiger charge is -2.25. The molecule has 0 saturated heterocycles. The first-order valence-corrected chi connectivity index (χ1v) is 9.59. The number of fused-ring (bicyclic) bond motifs is 3. The summed E-state index contributed by atoms with van der Waals surface area (Å²) in [5.41, 5.74) is 6.47. The first kappa shape index (κ1) is 16.8. The number of carbonyl (C=O) groups excluding carboxylic acids is 1. The van der Waals surface area contributed by atoms with Crippen molar-refractivity contribution in [1.82, 2.24) is 10.3 Å². The van der Waals surface area contributed by atoms with Crippen molar-refractivity contribution in [3.05, 3.63) is 101 Å². The number of para-hydroxylation sites is 1. The summed E-state index contributed by atoms with van der Waals surface area (Å²) in [6.07, 6.45) is 1.03. The number of hydrogen-bond acceptors (Lipinski definition) is 2. The van der Waals surface area contributed by atoms with Gasteiger partial charge in [-0.25, -0.2) is 0 Å². The van der Waals surface area contributed by atoms with Crippen molar-refractivity contribution < 1.29 is 4.79 Å². The number of anilines is 1. The summed E-state index contributed by atoms with van der Waals surface area (Å²) in [6, 6.07) is 26.0. The molecule has 2 heterocycles. The smallest absolute Gasteiger partial charge is 0.255 e. The number of hydrogen-bond donors (Lipinski definition) is 3. The molecule has 1 aliphatic heterocycles. The van der Waals surface area contributed by atoms with E-state index in [0.29, 0.717) is 5.56 Å². The Bertz CT molecular complexity index is 1130. The van der Waals surface area contributed by atoms with Gasteiger partial charge in [0.2, 0.25) is 0 Å². The van der Waals surface area contributed by atoms with E-state index in [4.69, 9.17) is 0 Å². The van der Waals surface area contributed by atoms with Gasteiger partial charge in [0.15, 0.2) is 0 Å². The Morgan fingerprint density at radius 2 is 1.64 bits per heavy atom. The molecule has 5 rings (SSSR count). The third-order valence-electron chi connectivity index (χ3n) is 5.40. The van der Waals surface area contributed by atoms with E-state index in [1.807, 2.05) is 42.5 Å². The molecule has 1 aliphatic rings. The fraction of sp³-hybridized carbons (Fsp3) is 0.125. The average Bonchev–Trinajstić information content (AvgIpc) is 3.14. The monoisotopic (exact) mass is 367 g/mol. The fourth-order valence-corrected chi connectivity index (χ4v) is 4.02. The molecule has 4 nitrogen and oxygen atoms in total. The minimum atomic E-state index is -0.0953. The van der Waals surface area contributed by atoms with E-state index in [9.17, 15) is 4.79 Å². The van der Waals surface area contributed by atoms with E-state index in [2.05, 4.69) is 52.0 Å². The van der Waals surface area contributed by atoms with Gasteiger partial charge < -0.3 is 15.6 Å². The predicted octanol–water partition coefficient (Wildman–Crippen LogP) is 4.66. The molecule has 0 bridgehead atoms. The number of rotatable bonds is 3. The second kappa shape index (κ2) is 6.98. The Morgan fingerprint density at radius 1 is 0.893 bits per heavy atom. The van der Waals surface area contributed by atoms with Gasteiger partial charge in [0, 0.05) is 34.4 Å². The second-order valence-corrected chi connectivity index (χ2v) is 7.14. The van der Waals surface area contributed by atoms with Gasteiger partial charge >= 0.3 is 0 Å². The normalized spacial score (nSPS) is 15.9. The minimum absolute atomic E-state index is 0.0953. The van der Waals surface area contributed by atoms with Crippen LogP contribution < -0.4 is 10.6 Å². The highest BCUT2D eigenvalue weighted by atomic mass is 16.1. The SMILES string of the molecule is O=C(Nc1ccc(C2NCCc3c2[nH]c2ccccc32)cc1)c1ccccc1. The molecule has 0 aliphatic carbocycles. The molecule has 3 aromatic carbocycles. The highest BCUT2D eigenvalue weighted by molar-refractivity contribution is 6.04. The van der Waals surface area contributed by atoms with Gasteiger partial charge in [-0.15, -0.1) is 0 Å². The summed E-state index contributed by atoms with van der Waals surface area (Å²) in [4.78, 5) is 15.9. The minimum Gasteiger partial charge on any atom is -0.357 e. The first-order valence-electron chi connectivity index (χ1n) is 9.59. The van der Waals surface area contributed by atoms with Crippen LogP contribution in [0.4, 0.5) is 5.69 Å². The second-order valence-electron chi connectivity index (χ2n) is 7.14. The zero-order chi connectivity index (χ0) is 18.9. The van der Waals surface area contributed by atoms with Crippen LogP contribution in [-0.4, -0.2) is 17.4 Å². The van der Waals surface area contributed by atoms with Crippen molar-refractivity contribution in [2.45, 2.75) is 12.5 Å². The van der Waals surface area contributed by atoms with Crippen LogP contribution in [0.25, 0.3) is 10.9 Å². The van der Waals surface area contributed by atoms with E-state index in [1.54, 1.807) is 0 Å². The molecule has 1 amide bonds. The van der Waals surface area contributed by atoms with Crippen LogP contribution in [0.5, 0.6) is 0 Å². The summed E-state index contributed by atoms with van der Waals surface area (Å²) in [7, 11) is 0. The molecule has 0 saturated carbocycles. The lowest BCUT2D eigenvalue weighted by atomic mass is 9.94. The van der Waals surface area contributed by atoms with E-state index < -0.39 is 0 Å². The van der Waals surface area contributed by atoms with Crippen molar-refractivity contribution in [3.63, 3.8) is 0 Å². The number of benzene rings is 3.